The fraction of sp³-hybridized carbons (Fsp3) is 0.680. The molecular weight excluding hydrogens is 426 g/mol. The van der Waals surface area contributed by atoms with Crippen LogP contribution in [0.3, 0.4) is 0 Å². The van der Waals surface area contributed by atoms with Crippen LogP contribution in [0.4, 0.5) is 4.79 Å². The molecule has 4 heteroatoms. The maximum atomic E-state index is 13.0. The van der Waals surface area contributed by atoms with Crippen molar-refractivity contribution in [2.75, 3.05) is 13.1 Å². The first kappa shape index (κ1) is 18.7. The lowest BCUT2D eigenvalue weighted by Crippen LogP contribution is -2.52. The Morgan fingerprint density at radius 1 is 1.07 bits per heavy atom. The minimum Gasteiger partial charge on any atom is -0.446 e. The molecule has 6 aliphatic rings. The molecule has 0 N–H and O–H groups in total. The molecule has 1 saturated heterocycles. The van der Waals surface area contributed by atoms with Gasteiger partial charge in [-0.05, 0) is 105 Å². The molecule has 5 fully saturated rings. The number of likely N-dealkylation sites (tertiary alicyclic amines) is 1. The van der Waals surface area contributed by atoms with Crippen molar-refractivity contribution in [3.05, 3.63) is 40.7 Å². The summed E-state index contributed by atoms with van der Waals surface area (Å²) < 4.78 is 7.36. The van der Waals surface area contributed by atoms with Crippen LogP contribution in [-0.4, -0.2) is 30.2 Å². The molecule has 1 heterocycles. The molecular formula is C25H30BrNO2. The van der Waals surface area contributed by atoms with Gasteiger partial charge in [-0.15, -0.1) is 0 Å². The van der Waals surface area contributed by atoms with E-state index in [9.17, 15) is 4.79 Å². The van der Waals surface area contributed by atoms with Crippen LogP contribution in [0.5, 0.6) is 0 Å². The van der Waals surface area contributed by atoms with E-state index in [-0.39, 0.29) is 23.5 Å². The van der Waals surface area contributed by atoms with Gasteiger partial charge in [0.1, 0.15) is 6.10 Å². The number of rotatable bonds is 1. The van der Waals surface area contributed by atoms with Crippen LogP contribution in [-0.2, 0) is 10.2 Å². The first-order valence-electron chi connectivity index (χ1n) is 11.5. The molecule has 0 aromatic heterocycles. The van der Waals surface area contributed by atoms with Gasteiger partial charge in [-0.1, -0.05) is 28.1 Å². The molecule has 1 aliphatic heterocycles. The Bertz CT molecular complexity index is 800. The van der Waals surface area contributed by atoms with Gasteiger partial charge in [0.05, 0.1) is 0 Å². The number of carbonyl (C=O) groups is 1. The second-order valence-corrected chi connectivity index (χ2v) is 11.4. The number of benzene rings is 1. The topological polar surface area (TPSA) is 29.5 Å². The first-order valence-corrected chi connectivity index (χ1v) is 12.3. The van der Waals surface area contributed by atoms with Gasteiger partial charge in [-0.2, -0.15) is 0 Å². The SMILES string of the molecule is [CH]C1CC2(CCN(C(=O)OC3C4CC5CC(C4)CC3C5)CC2)c2c(Br)cccc21. The zero-order valence-corrected chi connectivity index (χ0v) is 18.6. The Balaban J connectivity index is 1.14. The summed E-state index contributed by atoms with van der Waals surface area (Å²) in [7, 11) is 0. The second kappa shape index (κ2) is 6.73. The minimum absolute atomic E-state index is 0.0630. The van der Waals surface area contributed by atoms with Gasteiger partial charge >= 0.3 is 6.09 Å². The molecule has 1 aromatic carbocycles. The molecule has 1 aromatic rings. The Hall–Kier alpha value is -1.03. The van der Waals surface area contributed by atoms with Crippen molar-refractivity contribution < 1.29 is 9.53 Å². The monoisotopic (exact) mass is 455 g/mol. The summed E-state index contributed by atoms with van der Waals surface area (Å²) in [5.74, 6) is 3.18. The van der Waals surface area contributed by atoms with Crippen molar-refractivity contribution >= 4 is 22.0 Å². The third-order valence-electron chi connectivity index (χ3n) is 8.94. The fourth-order valence-electron chi connectivity index (χ4n) is 7.87. The number of fused-ring (bicyclic) bond motifs is 2. The smallest absolute Gasteiger partial charge is 0.410 e. The Kier molecular flexibility index (Phi) is 4.35. The Labute approximate surface area is 182 Å². The average molecular weight is 456 g/mol. The quantitative estimate of drug-likeness (QED) is 0.523. The van der Waals surface area contributed by atoms with Gasteiger partial charge in [0.15, 0.2) is 0 Å². The highest BCUT2D eigenvalue weighted by Crippen LogP contribution is 2.56. The van der Waals surface area contributed by atoms with Crippen LogP contribution in [0.15, 0.2) is 22.7 Å². The highest BCUT2D eigenvalue weighted by atomic mass is 79.9. The van der Waals surface area contributed by atoms with Crippen molar-refractivity contribution in [1.82, 2.24) is 4.90 Å². The summed E-state index contributed by atoms with van der Waals surface area (Å²) in [6, 6.07) is 6.39. The molecule has 4 saturated carbocycles. The number of hydrogen-bond acceptors (Lipinski definition) is 2. The summed E-state index contributed by atoms with van der Waals surface area (Å²) in [5, 5.41) is 0. The van der Waals surface area contributed by atoms with Crippen molar-refractivity contribution in [3.8, 4) is 0 Å². The lowest BCUT2D eigenvalue weighted by Gasteiger charge is -2.53. The first-order chi connectivity index (χ1) is 14.0. The molecule has 4 bridgehead atoms. The third-order valence-corrected chi connectivity index (χ3v) is 9.60. The zero-order valence-electron chi connectivity index (χ0n) is 17.0. The number of piperidine rings is 1. The highest BCUT2D eigenvalue weighted by Gasteiger charge is 2.51. The van der Waals surface area contributed by atoms with Crippen LogP contribution in [0.2, 0.25) is 0 Å². The van der Waals surface area contributed by atoms with E-state index in [0.717, 1.165) is 44.2 Å². The molecule has 1 atom stereocenters. The van der Waals surface area contributed by atoms with E-state index in [1.165, 1.54) is 47.7 Å². The van der Waals surface area contributed by atoms with Gasteiger partial charge in [-0.25, -0.2) is 4.79 Å². The van der Waals surface area contributed by atoms with Gasteiger partial charge in [0, 0.05) is 23.0 Å². The summed E-state index contributed by atoms with van der Waals surface area (Å²) >= 11 is 3.77. The number of nitrogens with zero attached hydrogens (tertiary/aromatic N) is 1. The number of hydrogen-bond donors (Lipinski definition) is 0. The number of amides is 1. The fourth-order valence-corrected chi connectivity index (χ4v) is 8.67. The van der Waals surface area contributed by atoms with E-state index in [0.29, 0.717) is 11.8 Å². The van der Waals surface area contributed by atoms with Crippen LogP contribution >= 0.6 is 15.9 Å². The van der Waals surface area contributed by atoms with Crippen LogP contribution in [0, 0.1) is 30.6 Å². The molecule has 1 spiro atoms. The molecule has 5 aliphatic carbocycles. The van der Waals surface area contributed by atoms with Gasteiger partial charge in [0.2, 0.25) is 0 Å². The zero-order chi connectivity index (χ0) is 19.8. The molecule has 1 unspecified atom stereocenters. The predicted molar refractivity (Wildman–Crippen MR) is 116 cm³/mol. The summed E-state index contributed by atoms with van der Waals surface area (Å²) in [4.78, 5) is 15.0. The Morgan fingerprint density at radius 3 is 2.38 bits per heavy atom. The van der Waals surface area contributed by atoms with Crippen LogP contribution in [0.1, 0.15) is 68.4 Å². The van der Waals surface area contributed by atoms with E-state index >= 15 is 0 Å². The van der Waals surface area contributed by atoms with Crippen molar-refractivity contribution in [2.24, 2.45) is 23.7 Å². The highest BCUT2D eigenvalue weighted by molar-refractivity contribution is 9.10. The molecule has 3 nitrogen and oxygen atoms in total. The summed E-state index contributed by atoms with van der Waals surface area (Å²) in [6.45, 7) is 8.03. The van der Waals surface area contributed by atoms with E-state index < -0.39 is 0 Å². The normalized spacial score (nSPS) is 39.0. The average Bonchev–Trinajstić information content (AvgIpc) is 2.97. The molecule has 2 radical (unpaired) electrons. The molecule has 29 heavy (non-hydrogen) atoms. The summed E-state index contributed by atoms with van der Waals surface area (Å²) in [5.41, 5.74) is 2.78. The third kappa shape index (κ3) is 2.91. The lowest BCUT2D eigenvalue weighted by atomic mass is 9.55. The molecule has 1 amide bonds. The van der Waals surface area contributed by atoms with E-state index in [1.54, 1.807) is 0 Å². The van der Waals surface area contributed by atoms with Gasteiger partial charge in [0.25, 0.3) is 0 Å². The number of halogens is 1. The maximum Gasteiger partial charge on any atom is 0.410 e. The van der Waals surface area contributed by atoms with Crippen molar-refractivity contribution in [3.63, 3.8) is 0 Å². The molecule has 154 valence electrons. The van der Waals surface area contributed by atoms with E-state index in [1.807, 2.05) is 4.90 Å². The van der Waals surface area contributed by atoms with Gasteiger partial charge in [-0.3, -0.25) is 0 Å². The van der Waals surface area contributed by atoms with Crippen molar-refractivity contribution in [1.29, 1.82) is 0 Å². The largest absolute Gasteiger partial charge is 0.446 e. The van der Waals surface area contributed by atoms with Crippen molar-refractivity contribution in [2.45, 2.75) is 68.8 Å². The predicted octanol–water partition coefficient (Wildman–Crippen LogP) is 5.94. The number of carbonyl (C=O) groups excluding carboxylic acids is 1. The second-order valence-electron chi connectivity index (χ2n) is 10.6. The number of ether oxygens (including phenoxy) is 1. The Morgan fingerprint density at radius 2 is 1.72 bits per heavy atom. The van der Waals surface area contributed by atoms with E-state index in [4.69, 9.17) is 11.7 Å². The molecule has 7 rings (SSSR count). The summed E-state index contributed by atoms with van der Waals surface area (Å²) in [6.07, 6.45) is 9.65. The minimum atomic E-state index is -0.0630. The van der Waals surface area contributed by atoms with E-state index in [2.05, 4.69) is 34.1 Å². The van der Waals surface area contributed by atoms with Gasteiger partial charge < -0.3 is 9.64 Å². The van der Waals surface area contributed by atoms with Crippen LogP contribution < -0.4 is 0 Å². The maximum absolute atomic E-state index is 13.0. The lowest BCUT2D eigenvalue weighted by molar-refractivity contribution is -0.103. The standard InChI is InChI=1S/C25H30BrNO2/c1-15-14-25(22-20(15)3-2-4-21(22)26)5-7-27(8-6-25)24(28)29-23-18-10-16-9-17(12-18)13-19(23)11-16/h1-4,15-19,23H,5-14H2. The van der Waals surface area contributed by atoms with Crippen LogP contribution in [0.25, 0.3) is 0 Å².